The number of aliphatic imine (C=N–C) groups is 1. The van der Waals surface area contributed by atoms with E-state index in [0.717, 1.165) is 11.1 Å². The van der Waals surface area contributed by atoms with Crippen molar-refractivity contribution in [2.24, 2.45) is 4.99 Å². The smallest absolute Gasteiger partial charge is 0.363 e. The van der Waals surface area contributed by atoms with E-state index < -0.39 is 11.9 Å². The van der Waals surface area contributed by atoms with E-state index in [4.69, 9.17) is 14.2 Å². The number of ether oxygens (including phenoxy) is 3. The third kappa shape index (κ3) is 5.74. The van der Waals surface area contributed by atoms with Crippen molar-refractivity contribution < 1.29 is 23.8 Å². The number of carbonyl (C=O) groups excluding carboxylic acids is 2. The number of rotatable bonds is 7. The van der Waals surface area contributed by atoms with Gasteiger partial charge in [-0.2, -0.15) is 0 Å². The number of benzene rings is 3. The van der Waals surface area contributed by atoms with Crippen molar-refractivity contribution in [2.45, 2.75) is 33.6 Å². The molecule has 1 aliphatic heterocycles. The summed E-state index contributed by atoms with van der Waals surface area (Å²) in [6.45, 7) is 8.33. The maximum atomic E-state index is 12.7. The highest BCUT2D eigenvalue weighted by molar-refractivity contribution is 9.10. The molecule has 0 saturated carbocycles. The van der Waals surface area contributed by atoms with Gasteiger partial charge in [-0.25, -0.2) is 14.6 Å². The summed E-state index contributed by atoms with van der Waals surface area (Å²) < 4.78 is 17.3. The first-order chi connectivity index (χ1) is 17.2. The third-order valence-electron chi connectivity index (χ3n) is 5.53. The minimum atomic E-state index is -0.540. The van der Waals surface area contributed by atoms with Crippen LogP contribution in [0.1, 0.15) is 59.3 Å². The zero-order valence-electron chi connectivity index (χ0n) is 20.5. The summed E-state index contributed by atoms with van der Waals surface area (Å²) in [4.78, 5) is 29.6. The number of nitrogens with zero attached hydrogens (tertiary/aromatic N) is 1. The van der Waals surface area contributed by atoms with Gasteiger partial charge in [-0.3, -0.25) is 0 Å². The van der Waals surface area contributed by atoms with Crippen molar-refractivity contribution in [3.63, 3.8) is 0 Å². The Labute approximate surface area is 218 Å². The first-order valence-electron chi connectivity index (χ1n) is 11.6. The van der Waals surface area contributed by atoms with Gasteiger partial charge in [0.15, 0.2) is 17.2 Å². The summed E-state index contributed by atoms with van der Waals surface area (Å²) in [5.74, 6) is 0.244. The van der Waals surface area contributed by atoms with Crippen LogP contribution in [-0.2, 0) is 9.53 Å². The molecule has 184 valence electrons. The van der Waals surface area contributed by atoms with Gasteiger partial charge in [0.05, 0.1) is 16.6 Å². The highest BCUT2D eigenvalue weighted by Gasteiger charge is 2.25. The predicted molar refractivity (Wildman–Crippen MR) is 143 cm³/mol. The number of carbonyl (C=O) groups is 2. The molecule has 4 rings (SSSR count). The van der Waals surface area contributed by atoms with Crippen molar-refractivity contribution in [3.05, 3.63) is 98.7 Å². The minimum absolute atomic E-state index is 0.164. The van der Waals surface area contributed by atoms with Crippen molar-refractivity contribution in [1.82, 2.24) is 0 Å². The van der Waals surface area contributed by atoms with Crippen molar-refractivity contribution in [2.75, 3.05) is 6.61 Å². The zero-order chi connectivity index (χ0) is 25.8. The topological polar surface area (TPSA) is 74.2 Å². The molecule has 1 aliphatic rings. The lowest BCUT2D eigenvalue weighted by molar-refractivity contribution is -0.129. The molecular weight excluding hydrogens is 522 g/mol. The highest BCUT2D eigenvalue weighted by atomic mass is 79.9. The molecule has 0 amide bonds. The molecule has 0 N–H and O–H groups in total. The number of aryl methyl sites for hydroxylation is 1. The Bertz CT molecular complexity index is 1370. The maximum Gasteiger partial charge on any atom is 0.363 e. The molecule has 0 atom stereocenters. The van der Waals surface area contributed by atoms with Crippen LogP contribution in [0.25, 0.3) is 6.08 Å². The summed E-state index contributed by atoms with van der Waals surface area (Å²) >= 11 is 3.48. The Balaban J connectivity index is 1.62. The molecule has 0 aromatic heterocycles. The highest BCUT2D eigenvalue weighted by Crippen LogP contribution is 2.38. The van der Waals surface area contributed by atoms with Crippen LogP contribution in [0.15, 0.2) is 75.8 Å². The van der Waals surface area contributed by atoms with E-state index in [1.807, 2.05) is 44.2 Å². The van der Waals surface area contributed by atoms with E-state index in [1.54, 1.807) is 36.4 Å². The van der Waals surface area contributed by atoms with Gasteiger partial charge in [0.2, 0.25) is 5.90 Å². The zero-order valence-corrected chi connectivity index (χ0v) is 22.1. The second-order valence-corrected chi connectivity index (χ2v) is 9.49. The molecule has 3 aromatic carbocycles. The molecule has 6 nitrogen and oxygen atoms in total. The molecule has 3 aromatic rings. The molecule has 0 aliphatic carbocycles. The average molecular weight is 548 g/mol. The lowest BCUT2D eigenvalue weighted by atomic mass is 10.0. The monoisotopic (exact) mass is 547 g/mol. The summed E-state index contributed by atoms with van der Waals surface area (Å²) in [5.41, 5.74) is 4.11. The standard InChI is InChI=1S/C29H26BrNO5/c1-5-34-25-16-19(14-23(30)26(25)35-28(32)22-8-6-7-18(4)13-22)15-24-29(33)36-27(31-24)21-11-9-20(10-12-21)17(2)3/h6-17H,5H2,1-4H3/b24-15-. The normalized spacial score (nSPS) is 14.1. The Kier molecular flexibility index (Phi) is 7.70. The first kappa shape index (κ1) is 25.4. The van der Waals surface area contributed by atoms with Crippen LogP contribution in [0.3, 0.4) is 0 Å². The lowest BCUT2D eigenvalue weighted by Crippen LogP contribution is -2.10. The second kappa shape index (κ2) is 10.9. The van der Waals surface area contributed by atoms with Gasteiger partial charge in [0.25, 0.3) is 0 Å². The Morgan fingerprint density at radius 2 is 1.86 bits per heavy atom. The molecular formula is C29H26BrNO5. The van der Waals surface area contributed by atoms with Crippen LogP contribution >= 0.6 is 15.9 Å². The molecule has 7 heteroatoms. The third-order valence-corrected chi connectivity index (χ3v) is 6.12. The molecule has 0 bridgehead atoms. The number of cyclic esters (lactones) is 1. The molecule has 0 fully saturated rings. The SMILES string of the molecule is CCOc1cc(/C=C2\N=C(c3ccc(C(C)C)cc3)OC2=O)cc(Br)c1OC(=O)c1cccc(C)c1. The molecule has 0 unspecified atom stereocenters. The van der Waals surface area contributed by atoms with E-state index >= 15 is 0 Å². The van der Waals surface area contributed by atoms with Crippen LogP contribution in [-0.4, -0.2) is 24.4 Å². The van der Waals surface area contributed by atoms with Crippen LogP contribution in [0.2, 0.25) is 0 Å². The van der Waals surface area contributed by atoms with Crippen LogP contribution < -0.4 is 9.47 Å². The van der Waals surface area contributed by atoms with Crippen LogP contribution in [0, 0.1) is 6.92 Å². The summed E-state index contributed by atoms with van der Waals surface area (Å²) in [6, 6.07) is 18.4. The maximum absolute atomic E-state index is 12.7. The quantitative estimate of drug-likeness (QED) is 0.184. The van der Waals surface area contributed by atoms with Crippen LogP contribution in [0.5, 0.6) is 11.5 Å². The molecule has 0 saturated heterocycles. The lowest BCUT2D eigenvalue weighted by Gasteiger charge is -2.14. The summed E-state index contributed by atoms with van der Waals surface area (Å²) in [6.07, 6.45) is 1.61. The van der Waals surface area contributed by atoms with E-state index in [1.165, 1.54) is 5.56 Å². The van der Waals surface area contributed by atoms with Crippen LogP contribution in [0.4, 0.5) is 0 Å². The fourth-order valence-corrected chi connectivity index (χ4v) is 4.20. The van der Waals surface area contributed by atoms with Gasteiger partial charge in [0, 0.05) is 5.56 Å². The number of halogens is 1. The predicted octanol–water partition coefficient (Wildman–Crippen LogP) is 6.84. The Morgan fingerprint density at radius 1 is 1.11 bits per heavy atom. The van der Waals surface area contributed by atoms with Gasteiger partial charge < -0.3 is 14.2 Å². The van der Waals surface area contributed by atoms with Gasteiger partial charge in [-0.05, 0) is 89.3 Å². The van der Waals surface area contributed by atoms with Gasteiger partial charge >= 0.3 is 11.9 Å². The summed E-state index contributed by atoms with van der Waals surface area (Å²) in [7, 11) is 0. The summed E-state index contributed by atoms with van der Waals surface area (Å²) in [5, 5.41) is 0. The number of hydrogen-bond acceptors (Lipinski definition) is 6. The van der Waals surface area contributed by atoms with Gasteiger partial charge in [-0.1, -0.05) is 43.7 Å². The van der Waals surface area contributed by atoms with Gasteiger partial charge in [-0.15, -0.1) is 0 Å². The minimum Gasteiger partial charge on any atom is -0.490 e. The fraction of sp³-hybridized carbons (Fsp3) is 0.207. The van der Waals surface area contributed by atoms with Crippen molar-refractivity contribution in [3.8, 4) is 11.5 Å². The van der Waals surface area contributed by atoms with Gasteiger partial charge in [0.1, 0.15) is 0 Å². The van der Waals surface area contributed by atoms with Crippen molar-refractivity contribution >= 4 is 39.8 Å². The number of hydrogen-bond donors (Lipinski definition) is 0. The van der Waals surface area contributed by atoms with E-state index in [9.17, 15) is 9.59 Å². The van der Waals surface area contributed by atoms with Crippen molar-refractivity contribution in [1.29, 1.82) is 0 Å². The Morgan fingerprint density at radius 3 is 2.53 bits per heavy atom. The fourth-order valence-electron chi connectivity index (χ4n) is 3.66. The second-order valence-electron chi connectivity index (χ2n) is 8.63. The Hall–Kier alpha value is -3.71. The molecule has 36 heavy (non-hydrogen) atoms. The molecule has 0 spiro atoms. The van der Waals surface area contributed by atoms with E-state index in [0.29, 0.717) is 33.9 Å². The first-order valence-corrected chi connectivity index (χ1v) is 12.4. The van der Waals surface area contributed by atoms with E-state index in [2.05, 4.69) is 34.8 Å². The molecule has 0 radical (unpaired) electrons. The number of esters is 2. The largest absolute Gasteiger partial charge is 0.490 e. The average Bonchev–Trinajstić information content (AvgIpc) is 3.21. The van der Waals surface area contributed by atoms with E-state index in [-0.39, 0.29) is 17.3 Å². The molecule has 1 heterocycles.